The lowest BCUT2D eigenvalue weighted by Gasteiger charge is -2.32. The Morgan fingerprint density at radius 3 is 2.69 bits per heavy atom. The number of amides is 2. The first kappa shape index (κ1) is 18.6. The lowest BCUT2D eigenvalue weighted by Crippen LogP contribution is -2.47. The molecule has 0 atom stereocenters. The normalized spacial score (nSPS) is 15.5. The summed E-state index contributed by atoms with van der Waals surface area (Å²) in [5.41, 5.74) is 1.41. The number of piperazine rings is 1. The molecule has 0 bridgehead atoms. The standard InChI is InChI=1S/C18H24N4O3S/c1-12(2)11-25-18(24)20-17-19-14-5-4-13(10-15(14)26-17)16(23)22-8-6-21(3)7-9-22/h4-5,10,12H,6-9,11H2,1-3H3,(H,19,20,24). The van der Waals surface area contributed by atoms with Crippen molar-refractivity contribution in [2.45, 2.75) is 13.8 Å². The van der Waals surface area contributed by atoms with Crippen LogP contribution in [0.3, 0.4) is 0 Å². The zero-order valence-corrected chi connectivity index (χ0v) is 16.1. The molecule has 26 heavy (non-hydrogen) atoms. The molecule has 1 fully saturated rings. The molecule has 140 valence electrons. The van der Waals surface area contributed by atoms with E-state index in [0.717, 1.165) is 36.4 Å². The Labute approximate surface area is 156 Å². The summed E-state index contributed by atoms with van der Waals surface area (Å²) in [6.07, 6.45) is -0.508. The van der Waals surface area contributed by atoms with E-state index in [2.05, 4.69) is 22.2 Å². The van der Waals surface area contributed by atoms with Crippen molar-refractivity contribution in [2.75, 3.05) is 45.2 Å². The van der Waals surface area contributed by atoms with E-state index in [1.54, 1.807) is 6.07 Å². The highest BCUT2D eigenvalue weighted by atomic mass is 32.1. The summed E-state index contributed by atoms with van der Waals surface area (Å²) >= 11 is 1.34. The van der Waals surface area contributed by atoms with Gasteiger partial charge in [0.1, 0.15) is 0 Å². The predicted molar refractivity (Wildman–Crippen MR) is 103 cm³/mol. The SMILES string of the molecule is CC(C)COC(=O)Nc1nc2ccc(C(=O)N3CCN(C)CC3)cc2s1. The zero-order chi connectivity index (χ0) is 18.7. The molecular formula is C18H24N4O3S. The van der Waals surface area contributed by atoms with Crippen molar-refractivity contribution in [3.8, 4) is 0 Å². The Morgan fingerprint density at radius 1 is 1.27 bits per heavy atom. The highest BCUT2D eigenvalue weighted by molar-refractivity contribution is 7.22. The number of hydrogen-bond donors (Lipinski definition) is 1. The third kappa shape index (κ3) is 4.50. The summed E-state index contributed by atoms with van der Waals surface area (Å²) in [6, 6.07) is 5.46. The number of carbonyl (C=O) groups is 2. The van der Waals surface area contributed by atoms with Gasteiger partial charge in [-0.3, -0.25) is 10.1 Å². The van der Waals surface area contributed by atoms with Crippen LogP contribution in [0.4, 0.5) is 9.93 Å². The van der Waals surface area contributed by atoms with Gasteiger partial charge in [0, 0.05) is 31.7 Å². The van der Waals surface area contributed by atoms with Gasteiger partial charge in [0.15, 0.2) is 5.13 Å². The fourth-order valence-electron chi connectivity index (χ4n) is 2.67. The lowest BCUT2D eigenvalue weighted by molar-refractivity contribution is 0.0664. The molecule has 1 N–H and O–H groups in total. The fraction of sp³-hybridized carbons (Fsp3) is 0.500. The molecule has 8 heteroatoms. The Morgan fingerprint density at radius 2 is 2.00 bits per heavy atom. The average Bonchev–Trinajstić information content (AvgIpc) is 3.01. The van der Waals surface area contributed by atoms with Crippen molar-refractivity contribution >= 4 is 38.7 Å². The first-order chi connectivity index (χ1) is 12.4. The van der Waals surface area contributed by atoms with Crippen molar-refractivity contribution in [2.24, 2.45) is 5.92 Å². The minimum absolute atomic E-state index is 0.0410. The Bertz CT molecular complexity index is 797. The van der Waals surface area contributed by atoms with Crippen molar-refractivity contribution in [3.05, 3.63) is 23.8 Å². The molecule has 2 heterocycles. The van der Waals surface area contributed by atoms with Gasteiger partial charge in [-0.2, -0.15) is 0 Å². The minimum Gasteiger partial charge on any atom is -0.449 e. The Kier molecular flexibility index (Phi) is 5.73. The second-order valence-corrected chi connectivity index (χ2v) is 7.94. The number of nitrogens with one attached hydrogen (secondary N) is 1. The van der Waals surface area contributed by atoms with Crippen LogP contribution in [0, 0.1) is 5.92 Å². The van der Waals surface area contributed by atoms with Crippen LogP contribution in [0.25, 0.3) is 10.2 Å². The molecule has 2 aromatic rings. The number of thiazole rings is 1. The average molecular weight is 376 g/mol. The summed E-state index contributed by atoms with van der Waals surface area (Å²) in [6.45, 7) is 7.57. The number of fused-ring (bicyclic) bond motifs is 1. The van der Waals surface area contributed by atoms with Crippen LogP contribution in [0.5, 0.6) is 0 Å². The van der Waals surface area contributed by atoms with Crippen molar-refractivity contribution in [1.29, 1.82) is 0 Å². The number of aromatic nitrogens is 1. The van der Waals surface area contributed by atoms with Gasteiger partial charge in [-0.15, -0.1) is 0 Å². The molecule has 1 saturated heterocycles. The second kappa shape index (κ2) is 8.01. The number of carbonyl (C=O) groups excluding carboxylic acids is 2. The monoisotopic (exact) mass is 376 g/mol. The third-order valence-corrected chi connectivity index (χ3v) is 5.12. The molecule has 0 radical (unpaired) electrons. The van der Waals surface area contributed by atoms with Gasteiger partial charge in [-0.1, -0.05) is 25.2 Å². The van der Waals surface area contributed by atoms with Gasteiger partial charge >= 0.3 is 6.09 Å². The maximum Gasteiger partial charge on any atom is 0.413 e. The van der Waals surface area contributed by atoms with Crippen LogP contribution in [-0.4, -0.2) is 66.6 Å². The summed E-state index contributed by atoms with van der Waals surface area (Å²) in [4.78, 5) is 32.9. The molecule has 0 spiro atoms. The molecule has 3 rings (SSSR count). The molecule has 1 aliphatic heterocycles. The van der Waals surface area contributed by atoms with E-state index in [1.807, 2.05) is 30.9 Å². The fourth-order valence-corrected chi connectivity index (χ4v) is 3.56. The highest BCUT2D eigenvalue weighted by Crippen LogP contribution is 2.27. The number of ether oxygens (including phenoxy) is 1. The van der Waals surface area contributed by atoms with E-state index < -0.39 is 6.09 Å². The van der Waals surface area contributed by atoms with Gasteiger partial charge < -0.3 is 14.5 Å². The predicted octanol–water partition coefficient (Wildman–Crippen LogP) is 2.89. The summed E-state index contributed by atoms with van der Waals surface area (Å²) in [5, 5.41) is 3.12. The van der Waals surface area contributed by atoms with Gasteiger partial charge in [0.25, 0.3) is 5.91 Å². The molecule has 1 aliphatic rings. The van der Waals surface area contributed by atoms with E-state index in [4.69, 9.17) is 4.74 Å². The van der Waals surface area contributed by atoms with Crippen LogP contribution in [0.1, 0.15) is 24.2 Å². The van der Waals surface area contributed by atoms with E-state index >= 15 is 0 Å². The molecule has 1 aromatic heterocycles. The molecule has 0 unspecified atom stereocenters. The molecule has 2 amide bonds. The van der Waals surface area contributed by atoms with Crippen LogP contribution in [0.2, 0.25) is 0 Å². The Hall–Kier alpha value is -2.19. The summed E-state index contributed by atoms with van der Waals surface area (Å²) in [7, 11) is 2.06. The number of likely N-dealkylation sites (N-methyl/N-ethyl adjacent to an activating group) is 1. The van der Waals surface area contributed by atoms with Gasteiger partial charge in [0.2, 0.25) is 0 Å². The molecular weight excluding hydrogens is 352 g/mol. The topological polar surface area (TPSA) is 74.8 Å². The number of anilines is 1. The largest absolute Gasteiger partial charge is 0.449 e. The summed E-state index contributed by atoms with van der Waals surface area (Å²) in [5.74, 6) is 0.318. The maximum absolute atomic E-state index is 12.7. The van der Waals surface area contributed by atoms with Crippen LogP contribution in [0.15, 0.2) is 18.2 Å². The van der Waals surface area contributed by atoms with Gasteiger partial charge in [-0.25, -0.2) is 9.78 Å². The van der Waals surface area contributed by atoms with E-state index in [1.165, 1.54) is 11.3 Å². The molecule has 0 saturated carbocycles. The van der Waals surface area contributed by atoms with E-state index in [0.29, 0.717) is 17.3 Å². The van der Waals surface area contributed by atoms with Crippen LogP contribution < -0.4 is 5.32 Å². The number of benzene rings is 1. The van der Waals surface area contributed by atoms with Crippen LogP contribution in [-0.2, 0) is 4.74 Å². The zero-order valence-electron chi connectivity index (χ0n) is 15.3. The molecule has 7 nitrogen and oxygen atoms in total. The lowest BCUT2D eigenvalue weighted by atomic mass is 10.1. The van der Waals surface area contributed by atoms with Crippen LogP contribution >= 0.6 is 11.3 Å². The molecule has 1 aromatic carbocycles. The Balaban J connectivity index is 1.69. The van der Waals surface area contributed by atoms with E-state index in [-0.39, 0.29) is 11.8 Å². The van der Waals surface area contributed by atoms with E-state index in [9.17, 15) is 9.59 Å². The third-order valence-electron chi connectivity index (χ3n) is 4.18. The minimum atomic E-state index is -0.508. The van der Waals surface area contributed by atoms with Crippen molar-refractivity contribution in [3.63, 3.8) is 0 Å². The first-order valence-electron chi connectivity index (χ1n) is 8.74. The van der Waals surface area contributed by atoms with Crippen molar-refractivity contribution in [1.82, 2.24) is 14.8 Å². The number of rotatable bonds is 4. The summed E-state index contributed by atoms with van der Waals surface area (Å²) < 4.78 is 5.97. The van der Waals surface area contributed by atoms with Gasteiger partial charge in [0.05, 0.1) is 16.8 Å². The molecule has 0 aliphatic carbocycles. The first-order valence-corrected chi connectivity index (χ1v) is 9.56. The number of nitrogens with zero attached hydrogens (tertiary/aromatic N) is 3. The quantitative estimate of drug-likeness (QED) is 0.888. The highest BCUT2D eigenvalue weighted by Gasteiger charge is 2.21. The number of hydrogen-bond acceptors (Lipinski definition) is 6. The van der Waals surface area contributed by atoms with Crippen molar-refractivity contribution < 1.29 is 14.3 Å². The second-order valence-electron chi connectivity index (χ2n) is 6.91. The van der Waals surface area contributed by atoms with Gasteiger partial charge in [-0.05, 0) is 31.2 Å². The smallest absolute Gasteiger partial charge is 0.413 e. The maximum atomic E-state index is 12.7.